The summed E-state index contributed by atoms with van der Waals surface area (Å²) in [5, 5.41) is 5.57. The van der Waals surface area contributed by atoms with Crippen molar-refractivity contribution in [3.05, 3.63) is 160 Å². The number of allylic oxidation sites excluding steroid dienone is 8. The van der Waals surface area contributed by atoms with Crippen LogP contribution in [-0.4, -0.2) is 3.21 Å². The van der Waals surface area contributed by atoms with E-state index in [4.69, 9.17) is 0 Å². The monoisotopic (exact) mass is 752 g/mol. The van der Waals surface area contributed by atoms with Crippen LogP contribution >= 0.6 is 0 Å². The summed E-state index contributed by atoms with van der Waals surface area (Å²) in [4.78, 5) is 0. The molecule has 0 atom stereocenters. The maximum absolute atomic E-state index is 13.0. The Balaban J connectivity index is 0.000000195. The van der Waals surface area contributed by atoms with Gasteiger partial charge in [-0.05, 0) is 36.1 Å². The van der Waals surface area contributed by atoms with E-state index in [1.165, 1.54) is 79.2 Å². The van der Waals surface area contributed by atoms with Gasteiger partial charge in [0.25, 0.3) is 0 Å². The molecule has 5 aromatic rings. The second-order valence-corrected chi connectivity index (χ2v) is 14.8. The van der Waals surface area contributed by atoms with E-state index >= 15 is 0 Å². The summed E-state index contributed by atoms with van der Waals surface area (Å²) in [5.74, 6) is -0.539. The Bertz CT molecular complexity index is 1990. The minimum atomic E-state index is -0.270. The van der Waals surface area contributed by atoms with Crippen molar-refractivity contribution in [3.8, 4) is 0 Å². The molecule has 3 aliphatic rings. The summed E-state index contributed by atoms with van der Waals surface area (Å²) in [6, 6.07) is 24.8. The van der Waals surface area contributed by atoms with Gasteiger partial charge in [-0.25, -0.2) is 12.2 Å². The topological polar surface area (TPSA) is 0 Å². The summed E-state index contributed by atoms with van der Waals surface area (Å²) < 4.78 is 27.0. The molecule has 0 unspecified atom stereocenters. The third kappa shape index (κ3) is 7.55. The molecule has 0 N–H and O–H groups in total. The third-order valence-electron chi connectivity index (χ3n) is 9.19. The number of hydrogen-bond acceptors (Lipinski definition) is 0. The molecule has 0 aliphatic heterocycles. The van der Waals surface area contributed by atoms with Gasteiger partial charge in [-0.2, -0.15) is 6.08 Å². The van der Waals surface area contributed by atoms with Crippen LogP contribution in [0.15, 0.2) is 109 Å². The molecule has 0 aromatic heterocycles. The standard InChI is InChI=1S/C25H25.C13H8F2.C5H5.2ClH.Zr/c1-14-12-24(3,4)22-8-16-7-17-9-23-19(15(2)13-25(23,5)6)11-21(17)20(16)10-18(14)22;14-12-5-1-3-10(8-12)7-11-4-2-6-13(15)9-11;1-2-4-5-3-1;;;/h7-13H,1-6H3;1-6,8-9H;1-3H,4H2;2*1H;/q-1;;-1;;;+2/p-2. The molecule has 8 rings (SSSR count). The van der Waals surface area contributed by atoms with Crippen molar-refractivity contribution in [2.75, 3.05) is 0 Å². The van der Waals surface area contributed by atoms with Gasteiger partial charge in [0.1, 0.15) is 0 Å². The second kappa shape index (κ2) is 14.8. The maximum atomic E-state index is 13.0. The molecule has 5 aromatic carbocycles. The fraction of sp³-hybridized carbons (Fsp3) is 0.209. The third-order valence-corrected chi connectivity index (χ3v) is 10.6. The first-order chi connectivity index (χ1) is 21.8. The van der Waals surface area contributed by atoms with Crippen LogP contribution in [0.25, 0.3) is 32.7 Å². The minimum absolute atomic E-state index is 0. The second-order valence-electron chi connectivity index (χ2n) is 13.6. The van der Waals surface area contributed by atoms with Crippen LogP contribution in [0.1, 0.15) is 81.3 Å². The summed E-state index contributed by atoms with van der Waals surface area (Å²) in [5.41, 5.74) is 10.5. The van der Waals surface area contributed by atoms with Gasteiger partial charge in [0.05, 0.1) is 0 Å². The van der Waals surface area contributed by atoms with E-state index in [1.807, 2.05) is 24.3 Å². The zero-order valence-corrected chi connectivity index (χ0v) is 32.1. The first kappa shape index (κ1) is 37.7. The van der Waals surface area contributed by atoms with E-state index in [-0.39, 0.29) is 47.3 Å². The fourth-order valence-corrected chi connectivity index (χ4v) is 7.78. The minimum Gasteiger partial charge on any atom is -1.00 e. The number of fused-ring (bicyclic) bond motifs is 5. The first-order valence-electron chi connectivity index (χ1n) is 15.8. The molecule has 0 fully saturated rings. The van der Waals surface area contributed by atoms with Gasteiger partial charge in [0.15, 0.2) is 0 Å². The summed E-state index contributed by atoms with van der Waals surface area (Å²) in [6.45, 7) is 13.8. The Morgan fingerprint density at radius 1 is 0.708 bits per heavy atom. The molecule has 3 aliphatic carbocycles. The SMILES string of the molecule is CC1=CC(C)(C)c2cc3[cH-]c4cc5c(cc4c3cc21)C(C)=CC5(C)C.Fc1cccc([C](=[Zr+2])c2cccc(F)c2)c1.[C-]1=CC=CC1.[Cl-].[Cl-]. The average Bonchev–Trinajstić information content (AvgIpc) is 3.78. The maximum Gasteiger partial charge on any atom is -0.109 e. The van der Waals surface area contributed by atoms with Crippen molar-refractivity contribution < 1.29 is 57.8 Å². The molecule has 48 heavy (non-hydrogen) atoms. The van der Waals surface area contributed by atoms with Crippen LogP contribution in [-0.2, 0) is 35.1 Å². The average molecular weight is 755 g/mol. The smallest absolute Gasteiger partial charge is 0.109 e. The Kier molecular flexibility index (Phi) is 11.6. The molecule has 0 saturated carbocycles. The van der Waals surface area contributed by atoms with Crippen molar-refractivity contribution in [3.63, 3.8) is 0 Å². The zero-order valence-electron chi connectivity index (χ0n) is 28.1. The van der Waals surface area contributed by atoms with Crippen LogP contribution in [0.2, 0.25) is 0 Å². The molecule has 244 valence electrons. The Labute approximate surface area is 310 Å². The predicted molar refractivity (Wildman–Crippen MR) is 188 cm³/mol. The quantitative estimate of drug-likeness (QED) is 0.209. The van der Waals surface area contributed by atoms with Gasteiger partial charge in [-0.3, -0.25) is 6.08 Å². The van der Waals surface area contributed by atoms with E-state index in [0.717, 1.165) is 45.0 Å². The molecule has 0 heterocycles. The van der Waals surface area contributed by atoms with Crippen LogP contribution in [0.5, 0.6) is 0 Å². The van der Waals surface area contributed by atoms with Crippen molar-refractivity contribution in [1.29, 1.82) is 0 Å². The molecule has 0 amide bonds. The first-order valence-corrected chi connectivity index (χ1v) is 17.0. The van der Waals surface area contributed by atoms with Gasteiger partial charge >= 0.3 is 108 Å². The Morgan fingerprint density at radius 2 is 1.17 bits per heavy atom. The summed E-state index contributed by atoms with van der Waals surface area (Å²) in [7, 11) is 0. The number of benzene rings is 4. The van der Waals surface area contributed by atoms with Crippen LogP contribution in [0, 0.1) is 17.7 Å². The van der Waals surface area contributed by atoms with E-state index < -0.39 is 0 Å². The Hall–Kier alpha value is -3.10. The van der Waals surface area contributed by atoms with Gasteiger partial charge in [-0.1, -0.05) is 63.1 Å². The predicted octanol–water partition coefficient (Wildman–Crippen LogP) is 5.49. The summed E-state index contributed by atoms with van der Waals surface area (Å²) in [6.07, 6.45) is 14.8. The van der Waals surface area contributed by atoms with Gasteiger partial charge in [-0.15, -0.1) is 46.2 Å². The van der Waals surface area contributed by atoms with Crippen molar-refractivity contribution in [2.45, 2.75) is 58.8 Å². The van der Waals surface area contributed by atoms with Crippen molar-refractivity contribution in [1.82, 2.24) is 0 Å². The number of halogens is 4. The van der Waals surface area contributed by atoms with E-state index in [2.05, 4.69) is 96.2 Å². The van der Waals surface area contributed by atoms with Gasteiger partial charge in [0.2, 0.25) is 0 Å². The van der Waals surface area contributed by atoms with Crippen LogP contribution in [0.4, 0.5) is 8.78 Å². The fourth-order valence-electron chi connectivity index (χ4n) is 7.01. The molecular weight excluding hydrogens is 717 g/mol. The number of rotatable bonds is 2. The van der Waals surface area contributed by atoms with Crippen LogP contribution in [0.3, 0.4) is 0 Å². The molecule has 0 bridgehead atoms. The normalized spacial score (nSPS) is 15.6. The van der Waals surface area contributed by atoms with Gasteiger partial charge < -0.3 is 24.8 Å². The summed E-state index contributed by atoms with van der Waals surface area (Å²) >= 11 is 1.13. The van der Waals surface area contributed by atoms with Crippen molar-refractivity contribution >= 4 is 35.9 Å². The van der Waals surface area contributed by atoms with Crippen LogP contribution < -0.4 is 24.8 Å². The largest absolute Gasteiger partial charge is 1.00 e. The molecular formula is C43H38Cl2F2Zr-2. The van der Waals surface area contributed by atoms with Crippen molar-refractivity contribution in [2.24, 2.45) is 0 Å². The van der Waals surface area contributed by atoms with E-state index in [9.17, 15) is 8.78 Å². The van der Waals surface area contributed by atoms with Gasteiger partial charge in [0, 0.05) is 10.8 Å². The molecule has 0 saturated heterocycles. The molecule has 5 heteroatoms. The number of hydrogen-bond donors (Lipinski definition) is 0. The molecule has 0 spiro atoms. The molecule has 0 nitrogen and oxygen atoms in total. The van der Waals surface area contributed by atoms with E-state index in [1.54, 1.807) is 12.1 Å². The molecule has 0 radical (unpaired) electrons. The van der Waals surface area contributed by atoms with E-state index in [0.29, 0.717) is 0 Å². The zero-order chi connectivity index (χ0) is 32.8. The Morgan fingerprint density at radius 3 is 1.52 bits per heavy atom.